The summed E-state index contributed by atoms with van der Waals surface area (Å²) in [4.78, 5) is 22.3. The van der Waals surface area contributed by atoms with E-state index in [1.807, 2.05) is 0 Å². The Morgan fingerprint density at radius 3 is 2.82 bits per heavy atom. The van der Waals surface area contributed by atoms with Crippen molar-refractivity contribution in [3.8, 4) is 0 Å². The van der Waals surface area contributed by atoms with E-state index in [0.29, 0.717) is 18.6 Å². The minimum absolute atomic E-state index is 0.238. The van der Waals surface area contributed by atoms with Crippen LogP contribution >= 0.6 is 0 Å². The zero-order valence-corrected chi connectivity index (χ0v) is 9.40. The number of carboxylic acids is 1. The van der Waals surface area contributed by atoms with Gasteiger partial charge in [-0.15, -0.1) is 0 Å². The molecule has 0 spiro atoms. The SMILES string of the molecule is CCOC(=O)C1=Cc2ccc(C(=O)O)cc2C1. The predicted molar refractivity (Wildman–Crippen MR) is 61.7 cm³/mol. The highest BCUT2D eigenvalue weighted by Crippen LogP contribution is 2.26. The molecule has 88 valence electrons. The van der Waals surface area contributed by atoms with Gasteiger partial charge in [0, 0.05) is 12.0 Å². The monoisotopic (exact) mass is 232 g/mol. The highest BCUT2D eigenvalue weighted by molar-refractivity contribution is 5.97. The standard InChI is InChI=1S/C13H12O4/c1-2-17-13(16)11-5-8-3-4-9(12(14)15)6-10(8)7-11/h3-6H,2,7H2,1H3,(H,14,15). The average Bonchev–Trinajstić information content (AvgIpc) is 2.71. The van der Waals surface area contributed by atoms with E-state index < -0.39 is 5.97 Å². The second kappa shape index (κ2) is 4.41. The first-order valence-electron chi connectivity index (χ1n) is 5.35. The molecule has 0 fully saturated rings. The highest BCUT2D eigenvalue weighted by Gasteiger charge is 2.20. The number of carboxylic acid groups (broad SMARTS) is 1. The Morgan fingerprint density at radius 1 is 1.41 bits per heavy atom. The Labute approximate surface area is 98.5 Å². The van der Waals surface area contributed by atoms with Crippen LogP contribution in [0.4, 0.5) is 0 Å². The smallest absolute Gasteiger partial charge is 0.335 e. The number of rotatable bonds is 3. The molecule has 17 heavy (non-hydrogen) atoms. The molecule has 0 bridgehead atoms. The number of ether oxygens (including phenoxy) is 1. The maximum Gasteiger partial charge on any atom is 0.335 e. The van der Waals surface area contributed by atoms with Crippen LogP contribution in [0.3, 0.4) is 0 Å². The van der Waals surface area contributed by atoms with Crippen molar-refractivity contribution in [2.75, 3.05) is 6.61 Å². The average molecular weight is 232 g/mol. The summed E-state index contributed by atoms with van der Waals surface area (Å²) >= 11 is 0. The van der Waals surface area contributed by atoms with Crippen molar-refractivity contribution in [3.63, 3.8) is 0 Å². The van der Waals surface area contributed by atoms with Crippen LogP contribution in [0.15, 0.2) is 23.8 Å². The fraction of sp³-hybridized carbons (Fsp3) is 0.231. The zero-order valence-electron chi connectivity index (χ0n) is 9.40. The predicted octanol–water partition coefficient (Wildman–Crippen LogP) is 1.89. The van der Waals surface area contributed by atoms with E-state index in [0.717, 1.165) is 11.1 Å². The topological polar surface area (TPSA) is 63.6 Å². The van der Waals surface area contributed by atoms with Gasteiger partial charge in [0.15, 0.2) is 0 Å². The number of aromatic carboxylic acids is 1. The molecule has 0 amide bonds. The number of benzene rings is 1. The number of esters is 1. The van der Waals surface area contributed by atoms with Crippen LogP contribution in [0.5, 0.6) is 0 Å². The fourth-order valence-corrected chi connectivity index (χ4v) is 1.83. The van der Waals surface area contributed by atoms with E-state index in [1.165, 1.54) is 6.07 Å². The van der Waals surface area contributed by atoms with Gasteiger partial charge >= 0.3 is 11.9 Å². The molecule has 1 N–H and O–H groups in total. The number of hydrogen-bond donors (Lipinski definition) is 1. The zero-order chi connectivity index (χ0) is 12.4. The van der Waals surface area contributed by atoms with Crippen molar-refractivity contribution in [2.24, 2.45) is 0 Å². The maximum atomic E-state index is 11.5. The van der Waals surface area contributed by atoms with Crippen molar-refractivity contribution in [1.29, 1.82) is 0 Å². The summed E-state index contributed by atoms with van der Waals surface area (Å²) in [5, 5.41) is 8.87. The molecular weight excluding hydrogens is 220 g/mol. The van der Waals surface area contributed by atoms with Gasteiger partial charge in [-0.2, -0.15) is 0 Å². The van der Waals surface area contributed by atoms with E-state index in [1.54, 1.807) is 25.1 Å². The van der Waals surface area contributed by atoms with Crippen LogP contribution in [0, 0.1) is 0 Å². The second-order valence-electron chi connectivity index (χ2n) is 3.79. The molecule has 1 aliphatic carbocycles. The first-order valence-corrected chi connectivity index (χ1v) is 5.35. The largest absolute Gasteiger partial charge is 0.478 e. The van der Waals surface area contributed by atoms with Crippen LogP contribution in [0.2, 0.25) is 0 Å². The lowest BCUT2D eigenvalue weighted by atomic mass is 10.1. The van der Waals surface area contributed by atoms with Crippen molar-refractivity contribution >= 4 is 18.0 Å². The summed E-state index contributed by atoms with van der Waals surface area (Å²) in [7, 11) is 0. The van der Waals surface area contributed by atoms with Crippen LogP contribution in [-0.2, 0) is 16.0 Å². The molecule has 1 aromatic carbocycles. The molecule has 0 heterocycles. The minimum Gasteiger partial charge on any atom is -0.478 e. The van der Waals surface area contributed by atoms with Gasteiger partial charge in [0.05, 0.1) is 12.2 Å². The van der Waals surface area contributed by atoms with Gasteiger partial charge in [0.25, 0.3) is 0 Å². The molecular formula is C13H12O4. The Kier molecular flexibility index (Phi) is 2.95. The van der Waals surface area contributed by atoms with Crippen LogP contribution in [0.25, 0.3) is 6.08 Å². The molecule has 0 saturated carbocycles. The molecule has 1 aliphatic rings. The molecule has 0 unspecified atom stereocenters. The quantitative estimate of drug-likeness (QED) is 0.808. The van der Waals surface area contributed by atoms with Gasteiger partial charge in [-0.05, 0) is 36.3 Å². The Morgan fingerprint density at radius 2 is 2.18 bits per heavy atom. The summed E-state index contributed by atoms with van der Waals surface area (Å²) in [5.41, 5.74) is 2.55. The normalized spacial score (nSPS) is 12.9. The number of carbonyl (C=O) groups is 2. The third-order valence-electron chi connectivity index (χ3n) is 2.64. The van der Waals surface area contributed by atoms with Gasteiger partial charge in [0.1, 0.15) is 0 Å². The summed E-state index contributed by atoms with van der Waals surface area (Å²) in [6.45, 7) is 2.09. The Balaban J connectivity index is 2.23. The molecule has 2 rings (SSSR count). The van der Waals surface area contributed by atoms with Gasteiger partial charge in [-0.25, -0.2) is 9.59 Å². The van der Waals surface area contributed by atoms with E-state index in [-0.39, 0.29) is 11.5 Å². The molecule has 0 radical (unpaired) electrons. The third-order valence-corrected chi connectivity index (χ3v) is 2.64. The molecule has 0 saturated heterocycles. The Bertz CT molecular complexity index is 514. The van der Waals surface area contributed by atoms with Crippen molar-refractivity contribution in [1.82, 2.24) is 0 Å². The lowest BCUT2D eigenvalue weighted by molar-refractivity contribution is -0.138. The van der Waals surface area contributed by atoms with Gasteiger partial charge in [-0.1, -0.05) is 6.07 Å². The number of hydrogen-bond acceptors (Lipinski definition) is 3. The molecule has 0 atom stereocenters. The van der Waals surface area contributed by atoms with Crippen molar-refractivity contribution in [2.45, 2.75) is 13.3 Å². The third kappa shape index (κ3) is 2.20. The molecule has 0 aromatic heterocycles. The van der Waals surface area contributed by atoms with Crippen molar-refractivity contribution < 1.29 is 19.4 Å². The molecule has 1 aromatic rings. The lowest BCUT2D eigenvalue weighted by Crippen LogP contribution is -2.07. The second-order valence-corrected chi connectivity index (χ2v) is 3.79. The minimum atomic E-state index is -0.961. The van der Waals surface area contributed by atoms with Crippen LogP contribution in [0.1, 0.15) is 28.4 Å². The fourth-order valence-electron chi connectivity index (χ4n) is 1.83. The molecule has 0 aliphatic heterocycles. The van der Waals surface area contributed by atoms with E-state index in [4.69, 9.17) is 9.84 Å². The van der Waals surface area contributed by atoms with E-state index in [2.05, 4.69) is 0 Å². The number of carbonyl (C=O) groups excluding carboxylic acids is 1. The van der Waals surface area contributed by atoms with Crippen molar-refractivity contribution in [3.05, 3.63) is 40.5 Å². The summed E-state index contributed by atoms with van der Waals surface area (Å²) in [5.74, 6) is -1.29. The highest BCUT2D eigenvalue weighted by atomic mass is 16.5. The van der Waals surface area contributed by atoms with E-state index in [9.17, 15) is 9.59 Å². The van der Waals surface area contributed by atoms with Gasteiger partial charge in [-0.3, -0.25) is 0 Å². The Hall–Kier alpha value is -2.10. The molecule has 4 nitrogen and oxygen atoms in total. The lowest BCUT2D eigenvalue weighted by Gasteiger charge is -2.02. The summed E-state index contributed by atoms with van der Waals surface area (Å²) in [6.07, 6.45) is 2.19. The van der Waals surface area contributed by atoms with Gasteiger partial charge < -0.3 is 9.84 Å². The van der Waals surface area contributed by atoms with E-state index >= 15 is 0 Å². The maximum absolute atomic E-state index is 11.5. The first-order chi connectivity index (χ1) is 8.11. The van der Waals surface area contributed by atoms with Crippen LogP contribution in [-0.4, -0.2) is 23.7 Å². The summed E-state index contributed by atoms with van der Waals surface area (Å²) in [6, 6.07) is 4.84. The van der Waals surface area contributed by atoms with Crippen LogP contribution < -0.4 is 0 Å². The molecule has 4 heteroatoms. The summed E-state index contributed by atoms with van der Waals surface area (Å²) < 4.78 is 4.91. The van der Waals surface area contributed by atoms with Gasteiger partial charge in [0.2, 0.25) is 0 Å². The first kappa shape index (κ1) is 11.4. The number of fused-ring (bicyclic) bond motifs is 1.